The number of rotatable bonds is 12. The van der Waals surface area contributed by atoms with Crippen LogP contribution in [-0.2, 0) is 33.6 Å². The van der Waals surface area contributed by atoms with Crippen LogP contribution in [0.4, 0.5) is 0 Å². The molecule has 0 bridgehead atoms. The van der Waals surface area contributed by atoms with Crippen LogP contribution in [0, 0.1) is 12.8 Å². The average molecular weight is 488 g/mol. The van der Waals surface area contributed by atoms with Gasteiger partial charge in [0, 0.05) is 6.54 Å². The first kappa shape index (κ1) is 26.6. The van der Waals surface area contributed by atoms with Crippen LogP contribution < -0.4 is 16.1 Å². The summed E-state index contributed by atoms with van der Waals surface area (Å²) >= 11 is 0. The number of carbonyl (C=O) groups excluding carboxylic acids is 3. The van der Waals surface area contributed by atoms with Crippen molar-refractivity contribution in [2.24, 2.45) is 5.92 Å². The van der Waals surface area contributed by atoms with Crippen molar-refractivity contribution in [2.75, 3.05) is 6.54 Å². The Morgan fingerprint density at radius 3 is 1.92 bits per heavy atom. The molecule has 0 aliphatic carbocycles. The number of hydrogen-bond acceptors (Lipinski definition) is 4. The zero-order valence-electron chi connectivity index (χ0n) is 20.4. The number of aryl methyl sites for hydroxylation is 2. The maximum absolute atomic E-state index is 13.1. The fraction of sp³-hybridized carbons (Fsp3) is 0.276. The maximum atomic E-state index is 13.1. The standard InChI is InChI=1S/C29H33N3O4/c1-21-12-14-23(15-13-21)18-19-30-29(35)26(17-16-22-8-4-2-5-9-22)31-27(33)25(28(34)32-36)20-24-10-6-3-7-11-24/h2-15,25-26,36H,16-20H2,1H3,(H,30,35)(H,31,33)(H,32,34)/t25-,26+/m1/s1. The number of amides is 3. The van der Waals surface area contributed by atoms with Crippen molar-refractivity contribution in [2.45, 2.75) is 38.6 Å². The van der Waals surface area contributed by atoms with E-state index in [-0.39, 0.29) is 12.3 Å². The van der Waals surface area contributed by atoms with Crippen molar-refractivity contribution in [1.82, 2.24) is 16.1 Å². The van der Waals surface area contributed by atoms with Crippen LogP contribution in [0.25, 0.3) is 0 Å². The van der Waals surface area contributed by atoms with Crippen LogP contribution in [-0.4, -0.2) is 35.5 Å². The van der Waals surface area contributed by atoms with Crippen LogP contribution in [0.5, 0.6) is 0 Å². The Balaban J connectivity index is 1.68. The zero-order valence-corrected chi connectivity index (χ0v) is 20.4. The van der Waals surface area contributed by atoms with Gasteiger partial charge in [-0.05, 0) is 49.3 Å². The molecule has 7 heteroatoms. The molecule has 0 fully saturated rings. The second-order valence-corrected chi connectivity index (χ2v) is 8.83. The van der Waals surface area contributed by atoms with Gasteiger partial charge in [0.2, 0.25) is 11.8 Å². The molecule has 0 heterocycles. The quantitative estimate of drug-likeness (QED) is 0.179. The highest BCUT2D eigenvalue weighted by Gasteiger charge is 2.30. The van der Waals surface area contributed by atoms with Gasteiger partial charge in [0.1, 0.15) is 12.0 Å². The molecule has 0 saturated carbocycles. The van der Waals surface area contributed by atoms with Crippen LogP contribution in [0.1, 0.15) is 28.7 Å². The van der Waals surface area contributed by atoms with Crippen LogP contribution in [0.15, 0.2) is 84.9 Å². The average Bonchev–Trinajstić information content (AvgIpc) is 2.91. The molecular weight excluding hydrogens is 454 g/mol. The lowest BCUT2D eigenvalue weighted by Crippen LogP contribution is -2.51. The van der Waals surface area contributed by atoms with E-state index >= 15 is 0 Å². The number of carbonyl (C=O) groups is 3. The monoisotopic (exact) mass is 487 g/mol. The molecule has 3 aromatic carbocycles. The lowest BCUT2D eigenvalue weighted by atomic mass is 9.96. The normalized spacial score (nSPS) is 12.3. The number of hydroxylamine groups is 1. The van der Waals surface area contributed by atoms with Crippen molar-refractivity contribution in [3.63, 3.8) is 0 Å². The van der Waals surface area contributed by atoms with Gasteiger partial charge >= 0.3 is 0 Å². The third-order valence-corrected chi connectivity index (χ3v) is 6.06. The summed E-state index contributed by atoms with van der Waals surface area (Å²) in [6.07, 6.45) is 1.70. The van der Waals surface area contributed by atoms with Crippen molar-refractivity contribution >= 4 is 17.7 Å². The van der Waals surface area contributed by atoms with Crippen LogP contribution in [0.2, 0.25) is 0 Å². The number of benzene rings is 3. The highest BCUT2D eigenvalue weighted by Crippen LogP contribution is 2.12. The van der Waals surface area contributed by atoms with Gasteiger partial charge in [0.25, 0.3) is 5.91 Å². The van der Waals surface area contributed by atoms with Gasteiger partial charge < -0.3 is 10.6 Å². The molecule has 0 saturated heterocycles. The Bertz CT molecular complexity index is 1120. The van der Waals surface area contributed by atoms with E-state index in [0.717, 1.165) is 16.7 Å². The summed E-state index contributed by atoms with van der Waals surface area (Å²) in [4.78, 5) is 38.5. The Hall–Kier alpha value is -3.97. The maximum Gasteiger partial charge on any atom is 0.256 e. The third kappa shape index (κ3) is 8.36. The third-order valence-electron chi connectivity index (χ3n) is 6.06. The lowest BCUT2D eigenvalue weighted by molar-refractivity contribution is -0.142. The van der Waals surface area contributed by atoms with E-state index in [1.807, 2.05) is 79.7 Å². The molecule has 0 aliphatic heterocycles. The van der Waals surface area contributed by atoms with E-state index in [2.05, 4.69) is 10.6 Å². The first-order chi connectivity index (χ1) is 17.5. The van der Waals surface area contributed by atoms with Gasteiger partial charge in [0.15, 0.2) is 0 Å². The first-order valence-corrected chi connectivity index (χ1v) is 12.1. The summed E-state index contributed by atoms with van der Waals surface area (Å²) in [6.45, 7) is 2.44. The molecule has 4 N–H and O–H groups in total. The number of hydrogen-bond donors (Lipinski definition) is 4. The van der Waals surface area contributed by atoms with Crippen LogP contribution in [0.3, 0.4) is 0 Å². The lowest BCUT2D eigenvalue weighted by Gasteiger charge is -2.22. The largest absolute Gasteiger partial charge is 0.354 e. The highest BCUT2D eigenvalue weighted by atomic mass is 16.5. The van der Waals surface area contributed by atoms with Crippen molar-refractivity contribution < 1.29 is 19.6 Å². The summed E-state index contributed by atoms with van der Waals surface area (Å²) in [7, 11) is 0. The predicted octanol–water partition coefficient (Wildman–Crippen LogP) is 3.14. The molecule has 0 aliphatic rings. The molecule has 0 spiro atoms. The summed E-state index contributed by atoms with van der Waals surface area (Å²) in [6, 6.07) is 26.0. The Morgan fingerprint density at radius 1 is 0.722 bits per heavy atom. The highest BCUT2D eigenvalue weighted by molar-refractivity contribution is 6.01. The van der Waals surface area contributed by atoms with Gasteiger partial charge in [-0.1, -0.05) is 90.5 Å². The van der Waals surface area contributed by atoms with Gasteiger partial charge in [-0.25, -0.2) is 5.48 Å². The molecule has 3 rings (SSSR count). The minimum absolute atomic E-state index is 0.0967. The van der Waals surface area contributed by atoms with Gasteiger partial charge in [-0.2, -0.15) is 0 Å². The summed E-state index contributed by atoms with van der Waals surface area (Å²) in [5.41, 5.74) is 5.67. The van der Waals surface area contributed by atoms with E-state index in [0.29, 0.717) is 25.8 Å². The molecule has 7 nitrogen and oxygen atoms in total. The zero-order chi connectivity index (χ0) is 25.8. The fourth-order valence-corrected chi connectivity index (χ4v) is 3.94. The fourth-order valence-electron chi connectivity index (χ4n) is 3.94. The van der Waals surface area contributed by atoms with E-state index in [4.69, 9.17) is 0 Å². The first-order valence-electron chi connectivity index (χ1n) is 12.1. The molecule has 3 amide bonds. The molecule has 0 radical (unpaired) electrons. The molecular formula is C29H33N3O4. The minimum atomic E-state index is -1.18. The summed E-state index contributed by atoms with van der Waals surface area (Å²) in [5, 5.41) is 14.9. The van der Waals surface area contributed by atoms with Crippen molar-refractivity contribution in [3.05, 3.63) is 107 Å². The SMILES string of the molecule is Cc1ccc(CCNC(=O)[C@H](CCc2ccccc2)NC(=O)[C@@H](Cc2ccccc2)C(=O)NO)cc1. The van der Waals surface area contributed by atoms with Crippen molar-refractivity contribution in [1.29, 1.82) is 0 Å². The molecule has 0 aromatic heterocycles. The van der Waals surface area contributed by atoms with Gasteiger partial charge in [0.05, 0.1) is 0 Å². The van der Waals surface area contributed by atoms with Gasteiger partial charge in [-0.3, -0.25) is 19.6 Å². The second-order valence-electron chi connectivity index (χ2n) is 8.83. The Labute approximate surface area is 211 Å². The summed E-state index contributed by atoms with van der Waals surface area (Å²) < 4.78 is 0. The van der Waals surface area contributed by atoms with E-state index in [1.54, 1.807) is 17.6 Å². The van der Waals surface area contributed by atoms with E-state index in [9.17, 15) is 19.6 Å². The molecule has 0 unspecified atom stereocenters. The van der Waals surface area contributed by atoms with Gasteiger partial charge in [-0.15, -0.1) is 0 Å². The second kappa shape index (κ2) is 13.8. The smallest absolute Gasteiger partial charge is 0.256 e. The molecule has 3 aromatic rings. The Kier molecular flexibility index (Phi) is 10.2. The van der Waals surface area contributed by atoms with E-state index in [1.165, 1.54) is 5.56 Å². The molecule has 2 atom stereocenters. The summed E-state index contributed by atoms with van der Waals surface area (Å²) in [5.74, 6) is -2.93. The number of nitrogens with one attached hydrogen (secondary N) is 3. The Morgan fingerprint density at radius 2 is 1.31 bits per heavy atom. The van der Waals surface area contributed by atoms with Crippen LogP contribution >= 0.6 is 0 Å². The minimum Gasteiger partial charge on any atom is -0.354 e. The molecule has 188 valence electrons. The van der Waals surface area contributed by atoms with Crippen molar-refractivity contribution in [3.8, 4) is 0 Å². The van der Waals surface area contributed by atoms with E-state index < -0.39 is 23.8 Å². The predicted molar refractivity (Wildman–Crippen MR) is 138 cm³/mol. The topological polar surface area (TPSA) is 108 Å². The molecule has 36 heavy (non-hydrogen) atoms.